The summed E-state index contributed by atoms with van der Waals surface area (Å²) in [5.74, 6) is 1.58. The highest BCUT2D eigenvalue weighted by Gasteiger charge is 2.15. The summed E-state index contributed by atoms with van der Waals surface area (Å²) in [6.45, 7) is 3.15. The van der Waals surface area contributed by atoms with Gasteiger partial charge in [0.05, 0.1) is 37.8 Å². The molecule has 1 N–H and O–H groups in total. The fraction of sp³-hybridized carbons (Fsp3) is 0.200. The second kappa shape index (κ2) is 8.49. The maximum Gasteiger partial charge on any atom is 0.174 e. The van der Waals surface area contributed by atoms with Crippen LogP contribution in [-0.2, 0) is 13.1 Å². The molecule has 3 aromatic rings. The molecule has 0 aliphatic rings. The Morgan fingerprint density at radius 3 is 2.77 bits per heavy atom. The number of nitrogens with zero attached hydrogens (tertiary/aromatic N) is 2. The Balaban J connectivity index is 1.81. The summed E-state index contributed by atoms with van der Waals surface area (Å²) in [6, 6.07) is 15.6. The van der Waals surface area contributed by atoms with Gasteiger partial charge in [-0.25, -0.2) is 0 Å². The van der Waals surface area contributed by atoms with Crippen molar-refractivity contribution in [2.24, 2.45) is 0 Å². The Morgan fingerprint density at radius 2 is 2.08 bits per heavy atom. The molecule has 2 heterocycles. The van der Waals surface area contributed by atoms with Crippen molar-refractivity contribution in [3.05, 3.63) is 78.0 Å². The topological polar surface area (TPSA) is 50.5 Å². The number of benzene rings is 1. The molecule has 0 saturated carbocycles. The number of pyridine rings is 1. The second-order valence-corrected chi connectivity index (χ2v) is 6.28. The third kappa shape index (κ3) is 4.61. The van der Waals surface area contributed by atoms with Gasteiger partial charge in [-0.3, -0.25) is 4.98 Å². The summed E-state index contributed by atoms with van der Waals surface area (Å²) < 4.78 is 10.9. The summed E-state index contributed by atoms with van der Waals surface area (Å²) in [5.41, 5.74) is 2.89. The van der Waals surface area contributed by atoms with E-state index < -0.39 is 0 Å². The molecule has 0 atom stereocenters. The number of aromatic nitrogens is 1. The highest BCUT2D eigenvalue weighted by molar-refractivity contribution is 7.80. The Bertz CT molecular complexity index is 851. The molecule has 0 unspecified atom stereocenters. The van der Waals surface area contributed by atoms with Crippen LogP contribution in [0.15, 0.2) is 65.4 Å². The Kier molecular flexibility index (Phi) is 5.86. The van der Waals surface area contributed by atoms with Gasteiger partial charge in [-0.1, -0.05) is 12.1 Å². The van der Waals surface area contributed by atoms with E-state index in [0.717, 1.165) is 28.5 Å². The molecule has 0 radical (unpaired) electrons. The Labute approximate surface area is 158 Å². The van der Waals surface area contributed by atoms with Crippen LogP contribution in [0.5, 0.6) is 5.75 Å². The fourth-order valence-corrected chi connectivity index (χ4v) is 2.83. The molecular weight excluding hydrogens is 346 g/mol. The van der Waals surface area contributed by atoms with E-state index in [-0.39, 0.29) is 0 Å². The highest BCUT2D eigenvalue weighted by atomic mass is 32.1. The summed E-state index contributed by atoms with van der Waals surface area (Å²) in [5, 5.41) is 3.88. The minimum absolute atomic E-state index is 0.545. The van der Waals surface area contributed by atoms with Crippen molar-refractivity contribution in [3.8, 4) is 5.75 Å². The van der Waals surface area contributed by atoms with Crippen LogP contribution >= 0.6 is 12.2 Å². The summed E-state index contributed by atoms with van der Waals surface area (Å²) in [6.07, 6.45) is 3.44. The van der Waals surface area contributed by atoms with E-state index in [1.54, 1.807) is 19.6 Å². The number of hydrogen-bond donors (Lipinski definition) is 1. The van der Waals surface area contributed by atoms with Crippen molar-refractivity contribution in [1.82, 2.24) is 9.88 Å². The number of hydrogen-bond acceptors (Lipinski definition) is 4. The minimum atomic E-state index is 0.545. The molecule has 0 amide bonds. The number of thiocarbonyl (C=S) groups is 1. The molecule has 0 aliphatic carbocycles. The van der Waals surface area contributed by atoms with Gasteiger partial charge in [0.1, 0.15) is 11.5 Å². The van der Waals surface area contributed by atoms with Crippen molar-refractivity contribution in [1.29, 1.82) is 0 Å². The zero-order chi connectivity index (χ0) is 18.4. The lowest BCUT2D eigenvalue weighted by atomic mass is 10.2. The fourth-order valence-electron chi connectivity index (χ4n) is 2.59. The van der Waals surface area contributed by atoms with E-state index in [1.165, 1.54) is 0 Å². The second-order valence-electron chi connectivity index (χ2n) is 5.89. The van der Waals surface area contributed by atoms with Gasteiger partial charge in [-0.2, -0.15) is 0 Å². The van der Waals surface area contributed by atoms with Gasteiger partial charge in [0.25, 0.3) is 0 Å². The maximum absolute atomic E-state index is 5.67. The van der Waals surface area contributed by atoms with E-state index in [2.05, 4.69) is 10.3 Å². The molecule has 0 aliphatic heterocycles. The lowest BCUT2D eigenvalue weighted by molar-refractivity contribution is 0.356. The summed E-state index contributed by atoms with van der Waals surface area (Å²) >= 11 is 5.67. The van der Waals surface area contributed by atoms with Crippen molar-refractivity contribution >= 4 is 23.0 Å². The normalized spacial score (nSPS) is 10.4. The van der Waals surface area contributed by atoms with Gasteiger partial charge in [0.2, 0.25) is 0 Å². The predicted molar refractivity (Wildman–Crippen MR) is 106 cm³/mol. The van der Waals surface area contributed by atoms with Gasteiger partial charge < -0.3 is 19.4 Å². The molecule has 0 saturated heterocycles. The molecule has 0 fully saturated rings. The molecule has 1 aromatic carbocycles. The first-order valence-corrected chi connectivity index (χ1v) is 8.69. The maximum atomic E-state index is 5.67. The minimum Gasteiger partial charge on any atom is -0.495 e. The molecular formula is C20H21N3O2S. The highest BCUT2D eigenvalue weighted by Crippen LogP contribution is 2.26. The quantitative estimate of drug-likeness (QED) is 0.652. The van der Waals surface area contributed by atoms with E-state index in [9.17, 15) is 0 Å². The largest absolute Gasteiger partial charge is 0.495 e. The molecule has 0 spiro atoms. The molecule has 3 rings (SSSR count). The van der Waals surface area contributed by atoms with Crippen LogP contribution in [-0.4, -0.2) is 22.1 Å². The number of furan rings is 1. The van der Waals surface area contributed by atoms with Crippen LogP contribution in [0.3, 0.4) is 0 Å². The van der Waals surface area contributed by atoms with E-state index in [0.29, 0.717) is 18.2 Å². The standard InChI is InChI=1S/C20H21N3O2S/c1-15-8-9-19(24-2)18(12-15)22-20(26)23(14-17-7-5-11-25-17)13-16-6-3-4-10-21-16/h3-12H,13-14H2,1-2H3,(H,22,26). The van der Waals surface area contributed by atoms with Crippen molar-refractivity contribution in [2.45, 2.75) is 20.0 Å². The number of rotatable bonds is 6. The predicted octanol–water partition coefficient (Wildman–Crippen LogP) is 4.39. The van der Waals surface area contributed by atoms with Crippen LogP contribution in [0.2, 0.25) is 0 Å². The summed E-state index contributed by atoms with van der Waals surface area (Å²) in [4.78, 5) is 6.41. The van der Waals surface area contributed by atoms with Gasteiger partial charge in [0.15, 0.2) is 5.11 Å². The monoisotopic (exact) mass is 367 g/mol. The van der Waals surface area contributed by atoms with E-state index in [1.807, 2.05) is 60.4 Å². The Hall–Kier alpha value is -2.86. The molecule has 2 aromatic heterocycles. The average molecular weight is 367 g/mol. The molecule has 5 nitrogen and oxygen atoms in total. The van der Waals surface area contributed by atoms with Crippen LogP contribution in [0.4, 0.5) is 5.69 Å². The smallest absolute Gasteiger partial charge is 0.174 e. The zero-order valence-electron chi connectivity index (χ0n) is 14.8. The van der Waals surface area contributed by atoms with E-state index in [4.69, 9.17) is 21.4 Å². The van der Waals surface area contributed by atoms with Crippen molar-refractivity contribution in [3.63, 3.8) is 0 Å². The third-order valence-corrected chi connectivity index (χ3v) is 4.25. The first kappa shape index (κ1) is 17.9. The number of nitrogens with one attached hydrogen (secondary N) is 1. The Morgan fingerprint density at radius 1 is 1.19 bits per heavy atom. The molecule has 6 heteroatoms. The van der Waals surface area contributed by atoms with Gasteiger partial charge >= 0.3 is 0 Å². The van der Waals surface area contributed by atoms with Gasteiger partial charge in [-0.05, 0) is 61.1 Å². The number of methoxy groups -OCH3 is 1. The first-order valence-electron chi connectivity index (χ1n) is 8.28. The van der Waals surface area contributed by atoms with Crippen molar-refractivity contribution in [2.75, 3.05) is 12.4 Å². The average Bonchev–Trinajstić information content (AvgIpc) is 3.15. The molecule has 26 heavy (non-hydrogen) atoms. The number of aryl methyl sites for hydroxylation is 1. The number of anilines is 1. The van der Waals surface area contributed by atoms with Crippen LogP contribution in [0, 0.1) is 6.92 Å². The van der Waals surface area contributed by atoms with Gasteiger partial charge in [-0.15, -0.1) is 0 Å². The third-order valence-electron chi connectivity index (χ3n) is 3.89. The SMILES string of the molecule is COc1ccc(C)cc1NC(=S)N(Cc1ccccn1)Cc1ccco1. The lowest BCUT2D eigenvalue weighted by Crippen LogP contribution is -2.34. The first-order chi connectivity index (χ1) is 12.7. The zero-order valence-corrected chi connectivity index (χ0v) is 15.6. The van der Waals surface area contributed by atoms with Crippen LogP contribution < -0.4 is 10.1 Å². The van der Waals surface area contributed by atoms with Crippen molar-refractivity contribution < 1.29 is 9.15 Å². The van der Waals surface area contributed by atoms with E-state index >= 15 is 0 Å². The molecule has 0 bridgehead atoms. The number of ether oxygens (including phenoxy) is 1. The van der Waals surface area contributed by atoms with Crippen LogP contribution in [0.25, 0.3) is 0 Å². The van der Waals surface area contributed by atoms with Gasteiger partial charge in [0, 0.05) is 6.20 Å². The summed E-state index contributed by atoms with van der Waals surface area (Å²) in [7, 11) is 1.65. The molecule has 134 valence electrons. The lowest BCUT2D eigenvalue weighted by Gasteiger charge is -2.25. The van der Waals surface area contributed by atoms with Crippen LogP contribution in [0.1, 0.15) is 17.0 Å².